The van der Waals surface area contributed by atoms with Gasteiger partial charge in [0.25, 0.3) is 0 Å². The molecule has 0 saturated heterocycles. The summed E-state index contributed by atoms with van der Waals surface area (Å²) in [6, 6.07) is 4.06. The van der Waals surface area contributed by atoms with Crippen LogP contribution in [0.4, 0.5) is 0 Å². The average Bonchev–Trinajstić information content (AvgIpc) is 2.61. The minimum Gasteiger partial charge on any atom is -0.299 e. The molecule has 0 aliphatic heterocycles. The highest BCUT2D eigenvalue weighted by Gasteiger charge is 2.24. The summed E-state index contributed by atoms with van der Waals surface area (Å²) in [6.07, 6.45) is 3.48. The Hall–Kier alpha value is -1.39. The van der Waals surface area contributed by atoms with Gasteiger partial charge in [0.2, 0.25) is 0 Å². The predicted molar refractivity (Wildman–Crippen MR) is 54.6 cm³/mol. The van der Waals surface area contributed by atoms with Crippen LogP contribution in [0.5, 0.6) is 0 Å². The number of hydrogen-bond acceptors (Lipinski definition) is 4. The molecule has 1 rings (SSSR count). The number of Topliss-reactive ketones (excluding diaryl/α,β-unsaturated/α-hetero) is 1. The molecule has 4 heteroatoms. The minimum atomic E-state index is 0.171. The topological polar surface area (TPSA) is 67.9 Å². The maximum atomic E-state index is 11.4. The van der Waals surface area contributed by atoms with Gasteiger partial charge in [-0.2, -0.15) is 10.5 Å². The highest BCUT2D eigenvalue weighted by atomic mass is 16.1. The van der Waals surface area contributed by atoms with Crippen LogP contribution in [-0.2, 0) is 4.79 Å². The van der Waals surface area contributed by atoms with Gasteiger partial charge in [-0.1, -0.05) is 0 Å². The van der Waals surface area contributed by atoms with E-state index in [9.17, 15) is 4.79 Å². The summed E-state index contributed by atoms with van der Waals surface area (Å²) in [7, 11) is 0. The lowest BCUT2D eigenvalue weighted by Crippen LogP contribution is -2.27. The molecule has 1 fully saturated rings. The van der Waals surface area contributed by atoms with Gasteiger partial charge in [0.1, 0.15) is 5.78 Å². The van der Waals surface area contributed by atoms with E-state index in [0.29, 0.717) is 18.7 Å². The van der Waals surface area contributed by atoms with Gasteiger partial charge >= 0.3 is 0 Å². The largest absolute Gasteiger partial charge is 0.299 e. The standard InChI is InChI=1S/C11H15N3O/c12-5-8-14(9-6-13)7-4-10-2-1-3-11(10)15/h10H,1-4,7-9H2. The quantitative estimate of drug-likeness (QED) is 0.630. The number of carbonyl (C=O) groups is 1. The molecule has 1 aliphatic rings. The second kappa shape index (κ2) is 6.16. The van der Waals surface area contributed by atoms with E-state index >= 15 is 0 Å². The van der Waals surface area contributed by atoms with E-state index in [4.69, 9.17) is 10.5 Å². The number of rotatable bonds is 5. The normalized spacial score (nSPS) is 20.2. The van der Waals surface area contributed by atoms with E-state index in [0.717, 1.165) is 19.3 Å². The second-order valence-electron chi connectivity index (χ2n) is 3.87. The first kappa shape index (κ1) is 11.7. The molecule has 0 spiro atoms. The van der Waals surface area contributed by atoms with Gasteiger partial charge in [0, 0.05) is 18.9 Å². The lowest BCUT2D eigenvalue weighted by atomic mass is 10.0. The fraction of sp³-hybridized carbons (Fsp3) is 0.727. The molecule has 80 valence electrons. The van der Waals surface area contributed by atoms with Crippen molar-refractivity contribution in [1.82, 2.24) is 4.90 Å². The van der Waals surface area contributed by atoms with E-state index in [2.05, 4.69) is 0 Å². The van der Waals surface area contributed by atoms with Gasteiger partial charge in [-0.25, -0.2) is 0 Å². The third kappa shape index (κ3) is 3.69. The number of nitriles is 2. The SMILES string of the molecule is N#CCN(CC#N)CCC1CCCC1=O. The summed E-state index contributed by atoms with van der Waals surface area (Å²) in [5, 5.41) is 17.1. The van der Waals surface area contributed by atoms with Crippen LogP contribution in [0.2, 0.25) is 0 Å². The van der Waals surface area contributed by atoms with Crippen molar-refractivity contribution in [2.75, 3.05) is 19.6 Å². The van der Waals surface area contributed by atoms with E-state index in [1.807, 2.05) is 12.1 Å². The average molecular weight is 205 g/mol. The molecule has 1 aliphatic carbocycles. The van der Waals surface area contributed by atoms with Crippen molar-refractivity contribution in [3.05, 3.63) is 0 Å². The van der Waals surface area contributed by atoms with Crippen LogP contribution < -0.4 is 0 Å². The van der Waals surface area contributed by atoms with Crippen molar-refractivity contribution < 1.29 is 4.79 Å². The van der Waals surface area contributed by atoms with E-state index in [1.165, 1.54) is 0 Å². The predicted octanol–water partition coefficient (Wildman–Crippen LogP) is 1.09. The first-order valence-corrected chi connectivity index (χ1v) is 5.27. The highest BCUT2D eigenvalue weighted by Crippen LogP contribution is 2.24. The minimum absolute atomic E-state index is 0.171. The summed E-state index contributed by atoms with van der Waals surface area (Å²) in [5.74, 6) is 0.522. The number of ketones is 1. The highest BCUT2D eigenvalue weighted by molar-refractivity contribution is 5.82. The molecule has 15 heavy (non-hydrogen) atoms. The zero-order valence-electron chi connectivity index (χ0n) is 8.78. The molecule has 1 atom stereocenters. The fourth-order valence-corrected chi connectivity index (χ4v) is 1.95. The summed E-state index contributed by atoms with van der Waals surface area (Å²) in [6.45, 7) is 1.22. The summed E-state index contributed by atoms with van der Waals surface area (Å²) >= 11 is 0. The Labute approximate surface area is 90.1 Å². The molecule has 0 bridgehead atoms. The maximum Gasteiger partial charge on any atom is 0.136 e. The van der Waals surface area contributed by atoms with E-state index < -0.39 is 0 Å². The van der Waals surface area contributed by atoms with Crippen molar-refractivity contribution in [3.8, 4) is 12.1 Å². The van der Waals surface area contributed by atoms with Gasteiger partial charge in [-0.3, -0.25) is 9.69 Å². The Bertz CT molecular complexity index is 284. The van der Waals surface area contributed by atoms with Gasteiger partial charge < -0.3 is 0 Å². The van der Waals surface area contributed by atoms with Gasteiger partial charge in [-0.15, -0.1) is 0 Å². The third-order valence-electron chi connectivity index (χ3n) is 2.81. The molecule has 0 radical (unpaired) electrons. The summed E-state index contributed by atoms with van der Waals surface area (Å²) in [5.41, 5.74) is 0. The van der Waals surface area contributed by atoms with Crippen molar-refractivity contribution in [2.45, 2.75) is 25.7 Å². The van der Waals surface area contributed by atoms with Crippen LogP contribution >= 0.6 is 0 Å². The van der Waals surface area contributed by atoms with Crippen molar-refractivity contribution >= 4 is 5.78 Å². The second-order valence-corrected chi connectivity index (χ2v) is 3.87. The molecule has 0 heterocycles. The zero-order valence-corrected chi connectivity index (χ0v) is 8.78. The Kier molecular flexibility index (Phi) is 4.80. The van der Waals surface area contributed by atoms with Crippen LogP contribution in [0.1, 0.15) is 25.7 Å². The lowest BCUT2D eigenvalue weighted by Gasteiger charge is -2.16. The molecule has 0 aromatic heterocycles. The van der Waals surface area contributed by atoms with E-state index in [1.54, 1.807) is 4.90 Å². The third-order valence-corrected chi connectivity index (χ3v) is 2.81. The Balaban J connectivity index is 2.30. The lowest BCUT2D eigenvalue weighted by molar-refractivity contribution is -0.120. The monoisotopic (exact) mass is 205 g/mol. The van der Waals surface area contributed by atoms with Crippen LogP contribution in [0.15, 0.2) is 0 Å². The smallest absolute Gasteiger partial charge is 0.136 e. The number of carbonyl (C=O) groups excluding carboxylic acids is 1. The molecule has 0 aromatic carbocycles. The fourth-order valence-electron chi connectivity index (χ4n) is 1.95. The number of hydrogen-bond donors (Lipinski definition) is 0. The van der Waals surface area contributed by atoms with E-state index in [-0.39, 0.29) is 19.0 Å². The van der Waals surface area contributed by atoms with Crippen LogP contribution in [0.25, 0.3) is 0 Å². The molecule has 0 N–H and O–H groups in total. The molecular weight excluding hydrogens is 190 g/mol. The zero-order chi connectivity index (χ0) is 11.1. The van der Waals surface area contributed by atoms with Gasteiger partial charge in [0.15, 0.2) is 0 Å². The van der Waals surface area contributed by atoms with Crippen molar-refractivity contribution in [1.29, 1.82) is 10.5 Å². The number of nitrogens with zero attached hydrogens (tertiary/aromatic N) is 3. The maximum absolute atomic E-state index is 11.4. The first-order valence-electron chi connectivity index (χ1n) is 5.27. The first-order chi connectivity index (χ1) is 7.27. The van der Waals surface area contributed by atoms with Gasteiger partial charge in [0.05, 0.1) is 25.2 Å². The Morgan fingerprint density at radius 2 is 2.00 bits per heavy atom. The molecule has 4 nitrogen and oxygen atoms in total. The Morgan fingerprint density at radius 3 is 2.47 bits per heavy atom. The van der Waals surface area contributed by atoms with Crippen LogP contribution in [0.3, 0.4) is 0 Å². The molecule has 1 saturated carbocycles. The van der Waals surface area contributed by atoms with Gasteiger partial charge in [-0.05, 0) is 19.3 Å². The van der Waals surface area contributed by atoms with Crippen LogP contribution in [0, 0.1) is 28.6 Å². The molecule has 1 unspecified atom stereocenters. The summed E-state index contributed by atoms with van der Waals surface area (Å²) < 4.78 is 0. The Morgan fingerprint density at radius 1 is 1.33 bits per heavy atom. The molecular formula is C11H15N3O. The summed E-state index contributed by atoms with van der Waals surface area (Å²) in [4.78, 5) is 13.1. The van der Waals surface area contributed by atoms with Crippen LogP contribution in [-0.4, -0.2) is 30.3 Å². The molecule has 0 aromatic rings. The molecule has 0 amide bonds. The van der Waals surface area contributed by atoms with Crippen molar-refractivity contribution in [2.24, 2.45) is 5.92 Å². The van der Waals surface area contributed by atoms with Crippen molar-refractivity contribution in [3.63, 3.8) is 0 Å².